The Labute approximate surface area is 159 Å². The van der Waals surface area contributed by atoms with Crippen molar-refractivity contribution in [2.45, 2.75) is 12.0 Å². The molecule has 148 valence electrons. The molecule has 3 amide bonds. The number of urea groups is 1. The molecule has 6 nitrogen and oxygen atoms in total. The van der Waals surface area contributed by atoms with Gasteiger partial charge in [0.15, 0.2) is 0 Å². The smallest absolute Gasteiger partial charge is 0.319 e. The van der Waals surface area contributed by atoms with E-state index in [0.717, 1.165) is 12.1 Å². The minimum Gasteiger partial charge on any atom is -0.377 e. The summed E-state index contributed by atoms with van der Waals surface area (Å²) in [4.78, 5) is 25.9. The Balaban J connectivity index is 1.80. The molecular weight excluding hydrogens is 373 g/mol. The number of hydrogen-bond acceptors (Lipinski definition) is 3. The van der Waals surface area contributed by atoms with Gasteiger partial charge in [-0.05, 0) is 36.4 Å². The highest BCUT2D eigenvalue weighted by Gasteiger charge is 2.40. The van der Waals surface area contributed by atoms with Crippen molar-refractivity contribution in [1.82, 2.24) is 10.6 Å². The van der Waals surface area contributed by atoms with Crippen LogP contribution in [0.1, 0.15) is 11.5 Å². The van der Waals surface area contributed by atoms with Crippen LogP contribution >= 0.6 is 0 Å². The van der Waals surface area contributed by atoms with E-state index in [2.05, 4.69) is 16.0 Å². The standard InChI is InChI=1S/C19H19F3N4O2/c1-26(2)12-7-14(21)16(15(22)8-12)13-9-23-18(27)17(13)25-19(28)24-11-5-3-10(20)4-6-11/h3-8,13,17H,9H2,1-2H3,(H,23,27)(H2,24,25,28). The number of nitrogens with one attached hydrogen (secondary N) is 3. The minimum atomic E-state index is -1.16. The van der Waals surface area contributed by atoms with Crippen molar-refractivity contribution in [1.29, 1.82) is 0 Å². The molecule has 1 aliphatic heterocycles. The lowest BCUT2D eigenvalue weighted by Crippen LogP contribution is -2.45. The summed E-state index contributed by atoms with van der Waals surface area (Å²) in [6.07, 6.45) is 0. The van der Waals surface area contributed by atoms with E-state index < -0.39 is 41.3 Å². The van der Waals surface area contributed by atoms with Gasteiger partial charge in [-0.3, -0.25) is 4.79 Å². The first kappa shape index (κ1) is 19.5. The molecule has 0 radical (unpaired) electrons. The number of amides is 3. The van der Waals surface area contributed by atoms with Crippen LogP contribution in [0.5, 0.6) is 0 Å². The van der Waals surface area contributed by atoms with Gasteiger partial charge in [-0.1, -0.05) is 0 Å². The number of nitrogens with zero attached hydrogens (tertiary/aromatic N) is 1. The van der Waals surface area contributed by atoms with E-state index in [0.29, 0.717) is 11.4 Å². The van der Waals surface area contributed by atoms with E-state index in [-0.39, 0.29) is 12.1 Å². The Morgan fingerprint density at radius 2 is 1.71 bits per heavy atom. The molecule has 1 aliphatic rings. The van der Waals surface area contributed by atoms with E-state index in [1.165, 1.54) is 24.3 Å². The molecule has 1 heterocycles. The maximum Gasteiger partial charge on any atom is 0.319 e. The fraction of sp³-hybridized carbons (Fsp3) is 0.263. The molecule has 2 unspecified atom stereocenters. The van der Waals surface area contributed by atoms with Gasteiger partial charge >= 0.3 is 6.03 Å². The van der Waals surface area contributed by atoms with Gasteiger partial charge in [-0.25, -0.2) is 18.0 Å². The topological polar surface area (TPSA) is 73.5 Å². The molecule has 0 saturated carbocycles. The summed E-state index contributed by atoms with van der Waals surface area (Å²) in [5.74, 6) is -3.52. The second-order valence-electron chi connectivity index (χ2n) is 6.65. The number of hydrogen-bond donors (Lipinski definition) is 3. The molecule has 3 rings (SSSR count). The molecule has 2 aromatic rings. The highest BCUT2D eigenvalue weighted by atomic mass is 19.1. The second-order valence-corrected chi connectivity index (χ2v) is 6.65. The average Bonchev–Trinajstić information content (AvgIpc) is 2.97. The molecule has 0 spiro atoms. The second kappa shape index (κ2) is 7.79. The van der Waals surface area contributed by atoms with Crippen molar-refractivity contribution in [2.75, 3.05) is 30.9 Å². The molecule has 0 aromatic heterocycles. The summed E-state index contributed by atoms with van der Waals surface area (Å²) in [5.41, 5.74) is 0.382. The lowest BCUT2D eigenvalue weighted by atomic mass is 9.92. The molecule has 9 heteroatoms. The normalized spacial score (nSPS) is 18.5. The van der Waals surface area contributed by atoms with E-state index in [9.17, 15) is 22.8 Å². The molecule has 28 heavy (non-hydrogen) atoms. The van der Waals surface area contributed by atoms with E-state index in [1.807, 2.05) is 0 Å². The van der Waals surface area contributed by atoms with Gasteiger partial charge in [-0.15, -0.1) is 0 Å². The van der Waals surface area contributed by atoms with Crippen LogP contribution in [0.25, 0.3) is 0 Å². The van der Waals surface area contributed by atoms with Crippen LogP contribution in [-0.4, -0.2) is 38.6 Å². The first-order valence-electron chi connectivity index (χ1n) is 8.53. The monoisotopic (exact) mass is 392 g/mol. The average molecular weight is 392 g/mol. The Morgan fingerprint density at radius 3 is 2.29 bits per heavy atom. The first-order valence-corrected chi connectivity index (χ1v) is 8.53. The number of rotatable bonds is 4. The fourth-order valence-corrected chi connectivity index (χ4v) is 3.08. The van der Waals surface area contributed by atoms with Gasteiger partial charge in [0, 0.05) is 43.5 Å². The van der Waals surface area contributed by atoms with Crippen molar-refractivity contribution in [3.63, 3.8) is 0 Å². The molecule has 0 aliphatic carbocycles. The fourth-order valence-electron chi connectivity index (χ4n) is 3.08. The third-order valence-corrected chi connectivity index (χ3v) is 4.52. The van der Waals surface area contributed by atoms with Gasteiger partial charge < -0.3 is 20.9 Å². The third kappa shape index (κ3) is 4.03. The largest absolute Gasteiger partial charge is 0.377 e. The van der Waals surface area contributed by atoms with Gasteiger partial charge in [0.25, 0.3) is 0 Å². The van der Waals surface area contributed by atoms with Gasteiger partial charge in [0.05, 0.1) is 0 Å². The maximum absolute atomic E-state index is 14.6. The lowest BCUT2D eigenvalue weighted by Gasteiger charge is -2.21. The van der Waals surface area contributed by atoms with Crippen LogP contribution < -0.4 is 20.9 Å². The van der Waals surface area contributed by atoms with Crippen molar-refractivity contribution in [3.8, 4) is 0 Å². The zero-order valence-electron chi connectivity index (χ0n) is 15.2. The molecule has 0 bridgehead atoms. The molecular formula is C19H19F3N4O2. The molecule has 3 N–H and O–H groups in total. The van der Waals surface area contributed by atoms with Crippen molar-refractivity contribution < 1.29 is 22.8 Å². The van der Waals surface area contributed by atoms with Gasteiger partial charge in [0.2, 0.25) is 5.91 Å². The van der Waals surface area contributed by atoms with Crippen molar-refractivity contribution >= 4 is 23.3 Å². The van der Waals surface area contributed by atoms with Crippen LogP contribution in [0.2, 0.25) is 0 Å². The number of carbonyl (C=O) groups is 2. The Hall–Kier alpha value is -3.23. The summed E-state index contributed by atoms with van der Waals surface area (Å²) in [7, 11) is 3.30. The summed E-state index contributed by atoms with van der Waals surface area (Å²) in [5, 5.41) is 7.40. The summed E-state index contributed by atoms with van der Waals surface area (Å²) < 4.78 is 42.1. The molecule has 2 aromatic carbocycles. The third-order valence-electron chi connectivity index (χ3n) is 4.52. The van der Waals surface area contributed by atoms with Crippen LogP contribution in [0.4, 0.5) is 29.3 Å². The predicted octanol–water partition coefficient (Wildman–Crippen LogP) is 2.57. The molecule has 1 saturated heterocycles. The number of carbonyl (C=O) groups excluding carboxylic acids is 2. The lowest BCUT2D eigenvalue weighted by molar-refractivity contribution is -0.120. The Morgan fingerprint density at radius 1 is 1.11 bits per heavy atom. The maximum atomic E-state index is 14.6. The van der Waals surface area contributed by atoms with Gasteiger partial charge in [-0.2, -0.15) is 0 Å². The first-order chi connectivity index (χ1) is 13.3. The summed E-state index contributed by atoms with van der Waals surface area (Å²) >= 11 is 0. The number of benzene rings is 2. The van der Waals surface area contributed by atoms with E-state index in [1.54, 1.807) is 19.0 Å². The van der Waals surface area contributed by atoms with E-state index >= 15 is 0 Å². The highest BCUT2D eigenvalue weighted by molar-refractivity contribution is 5.95. The highest BCUT2D eigenvalue weighted by Crippen LogP contribution is 2.31. The summed E-state index contributed by atoms with van der Waals surface area (Å²) in [6.45, 7) is -0.0184. The number of anilines is 2. The Kier molecular flexibility index (Phi) is 5.43. The predicted molar refractivity (Wildman–Crippen MR) is 98.8 cm³/mol. The number of halogens is 3. The zero-order valence-corrected chi connectivity index (χ0v) is 15.2. The zero-order chi connectivity index (χ0) is 20.4. The van der Waals surface area contributed by atoms with Crippen molar-refractivity contribution in [3.05, 3.63) is 59.4 Å². The van der Waals surface area contributed by atoms with Crippen LogP contribution in [0, 0.1) is 17.5 Å². The quantitative estimate of drug-likeness (QED) is 0.749. The van der Waals surface area contributed by atoms with E-state index in [4.69, 9.17) is 0 Å². The molecule has 2 atom stereocenters. The Bertz CT molecular complexity index is 880. The summed E-state index contributed by atoms with van der Waals surface area (Å²) in [6, 6.07) is 5.48. The van der Waals surface area contributed by atoms with Crippen molar-refractivity contribution in [2.24, 2.45) is 0 Å². The van der Waals surface area contributed by atoms with Gasteiger partial charge in [0.1, 0.15) is 23.5 Å². The van der Waals surface area contributed by atoms with Crippen LogP contribution in [0.3, 0.4) is 0 Å². The van der Waals surface area contributed by atoms with Crippen LogP contribution in [0.15, 0.2) is 36.4 Å². The SMILES string of the molecule is CN(C)c1cc(F)c(C2CNC(=O)C2NC(=O)Nc2ccc(F)cc2)c(F)c1. The molecule has 1 fully saturated rings. The minimum absolute atomic E-state index is 0.0184. The van der Waals surface area contributed by atoms with Crippen LogP contribution in [-0.2, 0) is 4.79 Å².